The molecule has 0 unspecified atom stereocenters. The Morgan fingerprint density at radius 3 is 3.25 bits per heavy atom. The lowest BCUT2D eigenvalue weighted by Gasteiger charge is -2.07. The zero-order chi connectivity index (χ0) is 8.55. The lowest BCUT2D eigenvalue weighted by molar-refractivity contribution is 0.744. The van der Waals surface area contributed by atoms with Crippen molar-refractivity contribution in [3.63, 3.8) is 0 Å². The summed E-state index contributed by atoms with van der Waals surface area (Å²) < 4.78 is 1.69. The van der Waals surface area contributed by atoms with Crippen molar-refractivity contribution in [2.24, 2.45) is 7.05 Å². The molecule has 0 atom stereocenters. The van der Waals surface area contributed by atoms with E-state index in [2.05, 4.69) is 11.2 Å². The Morgan fingerprint density at radius 2 is 2.50 bits per heavy atom. The van der Waals surface area contributed by atoms with Crippen LogP contribution in [0.2, 0.25) is 0 Å². The van der Waals surface area contributed by atoms with E-state index in [1.807, 2.05) is 18.8 Å². The maximum Gasteiger partial charge on any atom is 0.141 e. The molecule has 0 saturated carbocycles. The quantitative estimate of drug-likeness (QED) is 0.598. The van der Waals surface area contributed by atoms with Crippen LogP contribution < -0.4 is 0 Å². The minimum Gasteiger partial charge on any atom is -0.257 e. The molecule has 0 saturated heterocycles. The largest absolute Gasteiger partial charge is 0.257 e. The van der Waals surface area contributed by atoms with Gasteiger partial charge in [0.15, 0.2) is 0 Å². The number of nitrogens with zero attached hydrogens (tertiary/aromatic N) is 3. The van der Waals surface area contributed by atoms with Gasteiger partial charge in [-0.1, -0.05) is 0 Å². The van der Waals surface area contributed by atoms with E-state index in [4.69, 9.17) is 5.26 Å². The molecule has 3 nitrogen and oxygen atoms in total. The average molecular weight is 179 g/mol. The van der Waals surface area contributed by atoms with Crippen molar-refractivity contribution >= 4 is 11.8 Å². The first-order chi connectivity index (χ1) is 5.83. The van der Waals surface area contributed by atoms with Crippen molar-refractivity contribution in [1.82, 2.24) is 9.78 Å². The van der Waals surface area contributed by atoms with E-state index in [1.54, 1.807) is 4.68 Å². The van der Waals surface area contributed by atoms with Gasteiger partial charge < -0.3 is 0 Å². The van der Waals surface area contributed by atoms with Crippen LogP contribution >= 0.6 is 11.8 Å². The van der Waals surface area contributed by atoms with Crippen molar-refractivity contribution < 1.29 is 0 Å². The van der Waals surface area contributed by atoms with Gasteiger partial charge in [0.25, 0.3) is 0 Å². The molecular weight excluding hydrogens is 170 g/mol. The minimum atomic E-state index is 0.741. The van der Waals surface area contributed by atoms with Crippen LogP contribution in [0.1, 0.15) is 17.0 Å². The summed E-state index contributed by atoms with van der Waals surface area (Å²) in [4.78, 5) is 0. The van der Waals surface area contributed by atoms with Crippen LogP contribution in [0.4, 0.5) is 0 Å². The van der Waals surface area contributed by atoms with E-state index in [0.717, 1.165) is 29.3 Å². The monoisotopic (exact) mass is 179 g/mol. The van der Waals surface area contributed by atoms with Crippen molar-refractivity contribution in [2.75, 3.05) is 5.75 Å². The summed E-state index contributed by atoms with van der Waals surface area (Å²) in [5, 5.41) is 13.1. The van der Waals surface area contributed by atoms with Gasteiger partial charge in [0, 0.05) is 18.4 Å². The zero-order valence-corrected chi connectivity index (χ0v) is 7.69. The van der Waals surface area contributed by atoms with Crippen molar-refractivity contribution in [3.05, 3.63) is 17.0 Å². The van der Waals surface area contributed by atoms with Gasteiger partial charge in [-0.05, 0) is 12.2 Å². The zero-order valence-electron chi connectivity index (χ0n) is 6.87. The molecule has 0 radical (unpaired) electrons. The molecule has 2 rings (SSSR count). The summed E-state index contributed by atoms with van der Waals surface area (Å²) >= 11 is 1.88. The Hall–Kier alpha value is -0.950. The van der Waals surface area contributed by atoms with Crippen LogP contribution in [0, 0.1) is 11.3 Å². The molecule has 1 aromatic heterocycles. The highest BCUT2D eigenvalue weighted by molar-refractivity contribution is 7.98. The highest BCUT2D eigenvalue weighted by Gasteiger charge is 2.18. The summed E-state index contributed by atoms with van der Waals surface area (Å²) in [6.07, 6.45) is 0.997. The first-order valence-electron chi connectivity index (χ1n) is 3.85. The van der Waals surface area contributed by atoms with E-state index in [9.17, 15) is 0 Å². The highest BCUT2D eigenvalue weighted by atomic mass is 32.2. The molecule has 1 aliphatic heterocycles. The molecule has 1 aromatic rings. The topological polar surface area (TPSA) is 41.6 Å². The van der Waals surface area contributed by atoms with E-state index in [1.165, 1.54) is 5.56 Å². The molecule has 0 fully saturated rings. The molecule has 0 N–H and O–H groups in total. The third kappa shape index (κ3) is 1.01. The third-order valence-electron chi connectivity index (χ3n) is 2.07. The molecule has 62 valence electrons. The molecular formula is C8H9N3S. The van der Waals surface area contributed by atoms with Crippen LogP contribution in [0.3, 0.4) is 0 Å². The molecule has 0 bridgehead atoms. The summed E-state index contributed by atoms with van der Waals surface area (Å²) in [7, 11) is 1.83. The second kappa shape index (κ2) is 2.83. The summed E-state index contributed by atoms with van der Waals surface area (Å²) in [5.41, 5.74) is 3.01. The maximum absolute atomic E-state index is 8.85. The van der Waals surface area contributed by atoms with Gasteiger partial charge in [0.1, 0.15) is 11.8 Å². The van der Waals surface area contributed by atoms with Gasteiger partial charge >= 0.3 is 0 Å². The summed E-state index contributed by atoms with van der Waals surface area (Å²) in [5.74, 6) is 2.08. The van der Waals surface area contributed by atoms with Crippen LogP contribution in [-0.2, 0) is 19.2 Å². The SMILES string of the molecule is Cn1nc2c(c1C#N)CCSC2. The van der Waals surface area contributed by atoms with Crippen LogP contribution in [0.5, 0.6) is 0 Å². The van der Waals surface area contributed by atoms with Gasteiger partial charge in [0.2, 0.25) is 0 Å². The predicted octanol–water partition coefficient (Wildman–Crippen LogP) is 1.08. The van der Waals surface area contributed by atoms with Gasteiger partial charge in [-0.25, -0.2) is 0 Å². The fourth-order valence-electron chi connectivity index (χ4n) is 1.48. The smallest absolute Gasteiger partial charge is 0.141 e. The minimum absolute atomic E-state index is 0.741. The molecule has 0 amide bonds. The number of hydrogen-bond donors (Lipinski definition) is 0. The first kappa shape index (κ1) is 7.69. The average Bonchev–Trinajstić information content (AvgIpc) is 2.40. The molecule has 1 aliphatic rings. The van der Waals surface area contributed by atoms with Gasteiger partial charge in [-0.2, -0.15) is 22.1 Å². The lowest BCUT2D eigenvalue weighted by atomic mass is 10.1. The Labute approximate surface area is 75.4 Å². The Bertz CT molecular complexity index is 348. The molecule has 0 aliphatic carbocycles. The van der Waals surface area contributed by atoms with Gasteiger partial charge in [0.05, 0.1) is 5.69 Å². The van der Waals surface area contributed by atoms with Crippen LogP contribution in [0.25, 0.3) is 0 Å². The number of aromatic nitrogens is 2. The van der Waals surface area contributed by atoms with Gasteiger partial charge in [-0.15, -0.1) is 0 Å². The number of nitriles is 1. The van der Waals surface area contributed by atoms with E-state index >= 15 is 0 Å². The normalized spacial score (nSPS) is 15.3. The molecule has 0 spiro atoms. The molecule has 12 heavy (non-hydrogen) atoms. The van der Waals surface area contributed by atoms with E-state index < -0.39 is 0 Å². The van der Waals surface area contributed by atoms with E-state index in [-0.39, 0.29) is 0 Å². The van der Waals surface area contributed by atoms with Crippen molar-refractivity contribution in [1.29, 1.82) is 5.26 Å². The van der Waals surface area contributed by atoms with E-state index in [0.29, 0.717) is 0 Å². The highest BCUT2D eigenvalue weighted by Crippen LogP contribution is 2.25. The predicted molar refractivity (Wildman–Crippen MR) is 47.8 cm³/mol. The Morgan fingerprint density at radius 1 is 1.67 bits per heavy atom. The molecule has 4 heteroatoms. The second-order valence-corrected chi connectivity index (χ2v) is 3.92. The summed E-state index contributed by atoms with van der Waals surface area (Å²) in [6, 6.07) is 2.19. The van der Waals surface area contributed by atoms with Gasteiger partial charge in [-0.3, -0.25) is 4.68 Å². The second-order valence-electron chi connectivity index (χ2n) is 2.81. The standard InChI is InChI=1S/C8H9N3S/c1-11-8(4-9)6-2-3-12-5-7(6)10-11/h2-3,5H2,1H3. The third-order valence-corrected chi connectivity index (χ3v) is 3.04. The Kier molecular flexibility index (Phi) is 1.81. The van der Waals surface area contributed by atoms with Crippen LogP contribution in [0.15, 0.2) is 0 Å². The number of fused-ring (bicyclic) bond motifs is 1. The number of aryl methyl sites for hydroxylation is 1. The number of rotatable bonds is 0. The Balaban J connectivity index is 2.56. The summed E-state index contributed by atoms with van der Waals surface area (Å²) in [6.45, 7) is 0. The van der Waals surface area contributed by atoms with Crippen LogP contribution in [-0.4, -0.2) is 15.5 Å². The first-order valence-corrected chi connectivity index (χ1v) is 5.01. The van der Waals surface area contributed by atoms with Crippen molar-refractivity contribution in [3.8, 4) is 6.07 Å². The molecule has 0 aromatic carbocycles. The fraction of sp³-hybridized carbons (Fsp3) is 0.500. The number of hydrogen-bond acceptors (Lipinski definition) is 3. The fourth-order valence-corrected chi connectivity index (χ4v) is 2.40. The number of thioether (sulfide) groups is 1. The van der Waals surface area contributed by atoms with Crippen molar-refractivity contribution in [2.45, 2.75) is 12.2 Å². The lowest BCUT2D eigenvalue weighted by Crippen LogP contribution is -2.01. The molecule has 2 heterocycles. The maximum atomic E-state index is 8.85.